The predicted molar refractivity (Wildman–Crippen MR) is 90.8 cm³/mol. The number of aromatic nitrogens is 1. The van der Waals surface area contributed by atoms with Crippen LogP contribution in [0.4, 0.5) is 11.5 Å². The zero-order valence-electron chi connectivity index (χ0n) is 12.6. The van der Waals surface area contributed by atoms with E-state index in [1.807, 2.05) is 18.3 Å². The second-order valence-corrected chi connectivity index (χ2v) is 5.65. The van der Waals surface area contributed by atoms with Crippen molar-refractivity contribution >= 4 is 23.1 Å². The number of hydrogen-bond acceptors (Lipinski definition) is 5. The second-order valence-electron chi connectivity index (χ2n) is 5.25. The van der Waals surface area contributed by atoms with Crippen LogP contribution in [0.2, 0.25) is 5.02 Å². The first-order valence-electron chi connectivity index (χ1n) is 7.48. The van der Waals surface area contributed by atoms with Crippen molar-refractivity contribution < 1.29 is 4.74 Å². The fourth-order valence-electron chi connectivity index (χ4n) is 2.54. The van der Waals surface area contributed by atoms with Crippen LogP contribution < -0.4 is 10.2 Å². The summed E-state index contributed by atoms with van der Waals surface area (Å²) >= 11 is 6.07. The summed E-state index contributed by atoms with van der Waals surface area (Å²) in [5.74, 6) is 0.989. The van der Waals surface area contributed by atoms with E-state index in [1.165, 1.54) is 0 Å². The highest BCUT2D eigenvalue weighted by molar-refractivity contribution is 6.32. The Balaban J connectivity index is 1.73. The average molecular weight is 329 g/mol. The lowest BCUT2D eigenvalue weighted by atomic mass is 10.2. The molecule has 0 unspecified atom stereocenters. The van der Waals surface area contributed by atoms with Gasteiger partial charge in [0.15, 0.2) is 0 Å². The van der Waals surface area contributed by atoms with E-state index in [0.29, 0.717) is 17.1 Å². The van der Waals surface area contributed by atoms with Gasteiger partial charge in [-0.05, 0) is 24.3 Å². The highest BCUT2D eigenvalue weighted by Crippen LogP contribution is 2.23. The Morgan fingerprint density at radius 1 is 1.30 bits per heavy atom. The minimum atomic E-state index is 0.456. The molecule has 1 saturated heterocycles. The molecule has 23 heavy (non-hydrogen) atoms. The smallest absolute Gasteiger partial charge is 0.133 e. The Hall–Kier alpha value is -2.29. The van der Waals surface area contributed by atoms with Crippen molar-refractivity contribution in [3.63, 3.8) is 0 Å². The number of nitrogens with zero attached hydrogens (tertiary/aromatic N) is 3. The first-order chi connectivity index (χ1) is 11.3. The molecular formula is C17H17ClN4O. The van der Waals surface area contributed by atoms with E-state index in [4.69, 9.17) is 21.6 Å². The molecule has 1 fully saturated rings. The molecule has 0 spiro atoms. The highest BCUT2D eigenvalue weighted by atomic mass is 35.5. The van der Waals surface area contributed by atoms with Gasteiger partial charge in [-0.1, -0.05) is 17.7 Å². The van der Waals surface area contributed by atoms with Gasteiger partial charge in [-0.25, -0.2) is 4.98 Å². The van der Waals surface area contributed by atoms with Gasteiger partial charge in [-0.3, -0.25) is 0 Å². The monoisotopic (exact) mass is 328 g/mol. The molecule has 0 amide bonds. The lowest BCUT2D eigenvalue weighted by Crippen LogP contribution is -2.37. The first-order valence-corrected chi connectivity index (χ1v) is 7.86. The Morgan fingerprint density at radius 2 is 2.13 bits per heavy atom. The minimum absolute atomic E-state index is 0.456. The molecule has 1 aromatic heterocycles. The third-order valence-corrected chi connectivity index (χ3v) is 4.06. The maximum Gasteiger partial charge on any atom is 0.133 e. The molecule has 0 radical (unpaired) electrons. The van der Waals surface area contributed by atoms with E-state index in [0.717, 1.165) is 43.4 Å². The molecule has 0 bridgehead atoms. The molecule has 1 aromatic carbocycles. The number of ether oxygens (including phenoxy) is 1. The summed E-state index contributed by atoms with van der Waals surface area (Å²) < 4.78 is 5.40. The van der Waals surface area contributed by atoms with Crippen LogP contribution in [0.3, 0.4) is 0 Å². The van der Waals surface area contributed by atoms with E-state index in [9.17, 15) is 0 Å². The number of benzene rings is 1. The Bertz CT molecular complexity index is 723. The van der Waals surface area contributed by atoms with Crippen LogP contribution >= 0.6 is 11.6 Å². The second kappa shape index (κ2) is 7.32. The van der Waals surface area contributed by atoms with Gasteiger partial charge in [0, 0.05) is 37.1 Å². The van der Waals surface area contributed by atoms with Crippen LogP contribution in [-0.4, -0.2) is 31.3 Å². The molecule has 6 heteroatoms. The third kappa shape index (κ3) is 3.73. The van der Waals surface area contributed by atoms with Gasteiger partial charge in [0.05, 0.1) is 23.8 Å². The van der Waals surface area contributed by atoms with Crippen LogP contribution in [-0.2, 0) is 11.3 Å². The van der Waals surface area contributed by atoms with E-state index >= 15 is 0 Å². The van der Waals surface area contributed by atoms with Crippen LogP contribution in [0.15, 0.2) is 36.5 Å². The molecule has 2 aromatic rings. The van der Waals surface area contributed by atoms with E-state index in [1.54, 1.807) is 12.1 Å². The third-order valence-electron chi connectivity index (χ3n) is 3.75. The van der Waals surface area contributed by atoms with Gasteiger partial charge in [0.2, 0.25) is 0 Å². The summed E-state index contributed by atoms with van der Waals surface area (Å²) in [6.07, 6.45) is 1.81. The molecule has 3 rings (SSSR count). The highest BCUT2D eigenvalue weighted by Gasteiger charge is 2.15. The number of hydrogen-bond donors (Lipinski definition) is 1. The minimum Gasteiger partial charge on any atom is -0.381 e. The number of morpholine rings is 1. The topological polar surface area (TPSA) is 61.2 Å². The number of pyridine rings is 1. The van der Waals surface area contributed by atoms with E-state index < -0.39 is 0 Å². The standard InChI is InChI=1S/C17H17ClN4O/c18-16-10-15(4-3-13(16)11-19)21-12-14-2-1-5-20-17(14)22-6-8-23-9-7-22/h1-5,10,21H,6-9,12H2. The summed E-state index contributed by atoms with van der Waals surface area (Å²) in [5.41, 5.74) is 2.48. The van der Waals surface area contributed by atoms with Gasteiger partial charge in [0.25, 0.3) is 0 Å². The number of nitriles is 1. The molecule has 1 N–H and O–H groups in total. The van der Waals surface area contributed by atoms with Crippen LogP contribution in [0.25, 0.3) is 0 Å². The van der Waals surface area contributed by atoms with Crippen LogP contribution in [0.1, 0.15) is 11.1 Å². The zero-order valence-corrected chi connectivity index (χ0v) is 13.4. The summed E-state index contributed by atoms with van der Waals surface area (Å²) in [4.78, 5) is 6.76. The lowest BCUT2D eigenvalue weighted by molar-refractivity contribution is 0.122. The van der Waals surface area contributed by atoms with Gasteiger partial charge < -0.3 is 15.0 Å². The number of anilines is 2. The fourth-order valence-corrected chi connectivity index (χ4v) is 2.76. The summed E-state index contributed by atoms with van der Waals surface area (Å²) in [6.45, 7) is 3.81. The number of rotatable bonds is 4. The Kier molecular flexibility index (Phi) is 4.96. The van der Waals surface area contributed by atoms with Gasteiger partial charge in [-0.15, -0.1) is 0 Å². The maximum absolute atomic E-state index is 8.92. The summed E-state index contributed by atoms with van der Waals surface area (Å²) in [5, 5.41) is 12.7. The fraction of sp³-hybridized carbons (Fsp3) is 0.294. The molecule has 2 heterocycles. The van der Waals surface area contributed by atoms with Crippen molar-refractivity contribution in [2.45, 2.75) is 6.54 Å². The van der Waals surface area contributed by atoms with E-state index in [-0.39, 0.29) is 0 Å². The van der Waals surface area contributed by atoms with Crippen molar-refractivity contribution in [3.8, 4) is 6.07 Å². The zero-order chi connectivity index (χ0) is 16.1. The quantitative estimate of drug-likeness (QED) is 0.934. The number of nitrogens with one attached hydrogen (secondary N) is 1. The molecule has 5 nitrogen and oxygen atoms in total. The van der Waals surface area contributed by atoms with Crippen molar-refractivity contribution in [3.05, 3.63) is 52.7 Å². The normalized spacial score (nSPS) is 14.3. The molecule has 0 atom stereocenters. The van der Waals surface area contributed by atoms with Crippen molar-refractivity contribution in [1.29, 1.82) is 5.26 Å². The Morgan fingerprint density at radius 3 is 2.87 bits per heavy atom. The average Bonchev–Trinajstić information content (AvgIpc) is 2.61. The summed E-state index contributed by atoms with van der Waals surface area (Å²) in [6, 6.07) is 11.4. The van der Waals surface area contributed by atoms with E-state index in [2.05, 4.69) is 27.3 Å². The summed E-state index contributed by atoms with van der Waals surface area (Å²) in [7, 11) is 0. The van der Waals surface area contributed by atoms with Crippen LogP contribution in [0.5, 0.6) is 0 Å². The maximum atomic E-state index is 8.92. The van der Waals surface area contributed by atoms with Crippen molar-refractivity contribution in [2.75, 3.05) is 36.5 Å². The van der Waals surface area contributed by atoms with Crippen molar-refractivity contribution in [1.82, 2.24) is 4.98 Å². The van der Waals surface area contributed by atoms with Crippen LogP contribution in [0, 0.1) is 11.3 Å². The Labute approximate surface area is 140 Å². The first kappa shape index (κ1) is 15.6. The largest absolute Gasteiger partial charge is 0.381 e. The van der Waals surface area contributed by atoms with Crippen molar-refractivity contribution in [2.24, 2.45) is 0 Å². The molecular weight excluding hydrogens is 312 g/mol. The number of halogens is 1. The molecule has 1 aliphatic heterocycles. The van der Waals surface area contributed by atoms with Gasteiger partial charge in [0.1, 0.15) is 11.9 Å². The molecule has 0 saturated carbocycles. The van der Waals surface area contributed by atoms with Gasteiger partial charge in [-0.2, -0.15) is 5.26 Å². The predicted octanol–water partition coefficient (Wildman–Crippen LogP) is 3.06. The lowest BCUT2D eigenvalue weighted by Gasteiger charge is -2.29. The molecule has 1 aliphatic rings. The molecule has 118 valence electrons. The molecule has 0 aliphatic carbocycles. The SMILES string of the molecule is N#Cc1ccc(NCc2cccnc2N2CCOCC2)cc1Cl. The van der Waals surface area contributed by atoms with Gasteiger partial charge >= 0.3 is 0 Å².